The monoisotopic (exact) mass is 271 g/mol. The van der Waals surface area contributed by atoms with Gasteiger partial charge in [-0.15, -0.1) is 0 Å². The van der Waals surface area contributed by atoms with Gasteiger partial charge in [0.25, 0.3) is 0 Å². The van der Waals surface area contributed by atoms with Gasteiger partial charge in [0.2, 0.25) is 5.91 Å². The summed E-state index contributed by atoms with van der Waals surface area (Å²) in [7, 11) is 1.81. The van der Waals surface area contributed by atoms with Crippen LogP contribution in [0.3, 0.4) is 0 Å². The first-order valence-electron chi connectivity index (χ1n) is 6.61. The van der Waals surface area contributed by atoms with Crippen LogP contribution in [0.5, 0.6) is 0 Å². The van der Waals surface area contributed by atoms with Crippen LogP contribution >= 0.6 is 0 Å². The standard InChI is InChI=1S/C14H17N5O/c1-18-8-11(7-17-18)13(15)14(20)19-6-4-12-10(9-19)3-2-5-16-12/h2-3,5,7-8,13H,4,6,9,15H2,1H3. The highest BCUT2D eigenvalue weighted by Gasteiger charge is 2.26. The number of aryl methyl sites for hydroxylation is 1. The number of fused-ring (bicyclic) bond motifs is 1. The maximum Gasteiger partial charge on any atom is 0.244 e. The van der Waals surface area contributed by atoms with Crippen LogP contribution in [0.1, 0.15) is 22.9 Å². The van der Waals surface area contributed by atoms with Crippen molar-refractivity contribution in [3.8, 4) is 0 Å². The highest BCUT2D eigenvalue weighted by Crippen LogP contribution is 2.20. The van der Waals surface area contributed by atoms with Gasteiger partial charge in [-0.3, -0.25) is 14.5 Å². The van der Waals surface area contributed by atoms with Gasteiger partial charge in [-0.25, -0.2) is 0 Å². The summed E-state index contributed by atoms with van der Waals surface area (Å²) in [4.78, 5) is 18.6. The summed E-state index contributed by atoms with van der Waals surface area (Å²) in [5, 5.41) is 4.06. The molecule has 0 saturated heterocycles. The third-order valence-corrected chi connectivity index (χ3v) is 3.63. The van der Waals surface area contributed by atoms with E-state index in [2.05, 4.69) is 10.1 Å². The molecule has 20 heavy (non-hydrogen) atoms. The minimum Gasteiger partial charge on any atom is -0.336 e. The van der Waals surface area contributed by atoms with Gasteiger partial charge < -0.3 is 10.6 Å². The van der Waals surface area contributed by atoms with E-state index in [0.717, 1.165) is 23.2 Å². The largest absolute Gasteiger partial charge is 0.336 e. The Morgan fingerprint density at radius 1 is 1.50 bits per heavy atom. The molecule has 3 heterocycles. The van der Waals surface area contributed by atoms with Crippen molar-refractivity contribution in [1.29, 1.82) is 0 Å². The number of hydrogen-bond donors (Lipinski definition) is 1. The molecule has 2 aromatic rings. The predicted molar refractivity (Wildman–Crippen MR) is 73.5 cm³/mol. The van der Waals surface area contributed by atoms with Gasteiger partial charge in [-0.2, -0.15) is 5.10 Å². The van der Waals surface area contributed by atoms with E-state index in [9.17, 15) is 4.79 Å². The van der Waals surface area contributed by atoms with Gasteiger partial charge in [0.1, 0.15) is 6.04 Å². The second kappa shape index (κ2) is 5.05. The minimum atomic E-state index is -0.651. The quantitative estimate of drug-likeness (QED) is 0.857. The molecule has 2 aromatic heterocycles. The van der Waals surface area contributed by atoms with Gasteiger partial charge in [0.15, 0.2) is 0 Å². The highest BCUT2D eigenvalue weighted by atomic mass is 16.2. The molecule has 1 unspecified atom stereocenters. The van der Waals surface area contributed by atoms with Crippen molar-refractivity contribution in [1.82, 2.24) is 19.7 Å². The average Bonchev–Trinajstić information content (AvgIpc) is 2.92. The molecule has 1 atom stereocenters. The number of nitrogens with two attached hydrogens (primary N) is 1. The molecular weight excluding hydrogens is 254 g/mol. The summed E-state index contributed by atoms with van der Waals surface area (Å²) in [6, 6.07) is 3.26. The smallest absolute Gasteiger partial charge is 0.244 e. The number of rotatable bonds is 2. The van der Waals surface area contributed by atoms with Crippen LogP contribution in [0.4, 0.5) is 0 Å². The maximum absolute atomic E-state index is 12.5. The summed E-state index contributed by atoms with van der Waals surface area (Å²) in [6.45, 7) is 1.24. The van der Waals surface area contributed by atoms with Crippen molar-refractivity contribution in [2.24, 2.45) is 12.8 Å². The number of carbonyl (C=O) groups excluding carboxylic acids is 1. The molecule has 0 aliphatic carbocycles. The minimum absolute atomic E-state index is 0.0625. The summed E-state index contributed by atoms with van der Waals surface area (Å²) < 4.78 is 1.65. The summed E-state index contributed by atoms with van der Waals surface area (Å²) >= 11 is 0. The molecule has 2 N–H and O–H groups in total. The lowest BCUT2D eigenvalue weighted by Gasteiger charge is -2.30. The van der Waals surface area contributed by atoms with Crippen molar-refractivity contribution >= 4 is 5.91 Å². The van der Waals surface area contributed by atoms with Crippen LogP contribution in [-0.4, -0.2) is 32.1 Å². The van der Waals surface area contributed by atoms with Gasteiger partial charge >= 0.3 is 0 Å². The number of carbonyl (C=O) groups is 1. The van der Waals surface area contributed by atoms with Crippen molar-refractivity contribution in [3.05, 3.63) is 47.5 Å². The van der Waals surface area contributed by atoms with Crippen LogP contribution in [0, 0.1) is 0 Å². The molecule has 0 spiro atoms. The summed E-state index contributed by atoms with van der Waals surface area (Å²) in [5.41, 5.74) is 8.97. The first-order chi connectivity index (χ1) is 9.65. The average molecular weight is 271 g/mol. The van der Waals surface area contributed by atoms with E-state index >= 15 is 0 Å². The maximum atomic E-state index is 12.5. The molecule has 1 amide bonds. The number of hydrogen-bond acceptors (Lipinski definition) is 4. The lowest BCUT2D eigenvalue weighted by molar-refractivity contribution is -0.133. The third-order valence-electron chi connectivity index (χ3n) is 3.63. The number of pyridine rings is 1. The van der Waals surface area contributed by atoms with E-state index in [4.69, 9.17) is 5.73 Å². The summed E-state index contributed by atoms with van der Waals surface area (Å²) in [5.74, 6) is -0.0625. The molecular formula is C14H17N5O. The van der Waals surface area contributed by atoms with Gasteiger partial charge in [-0.1, -0.05) is 6.07 Å². The fourth-order valence-corrected chi connectivity index (χ4v) is 2.49. The van der Waals surface area contributed by atoms with E-state index < -0.39 is 6.04 Å². The molecule has 0 aromatic carbocycles. The van der Waals surface area contributed by atoms with E-state index in [1.165, 1.54) is 0 Å². The van der Waals surface area contributed by atoms with Crippen LogP contribution in [0.25, 0.3) is 0 Å². The number of nitrogens with zero attached hydrogens (tertiary/aromatic N) is 4. The van der Waals surface area contributed by atoms with E-state index in [-0.39, 0.29) is 5.91 Å². The molecule has 0 bridgehead atoms. The Balaban J connectivity index is 1.76. The first kappa shape index (κ1) is 12.8. The van der Waals surface area contributed by atoms with Crippen LogP contribution in [0.2, 0.25) is 0 Å². The van der Waals surface area contributed by atoms with Crippen LogP contribution < -0.4 is 5.73 Å². The molecule has 0 fully saturated rings. The molecule has 1 aliphatic rings. The number of amides is 1. The molecule has 104 valence electrons. The Morgan fingerprint density at radius 3 is 3.10 bits per heavy atom. The van der Waals surface area contributed by atoms with Crippen LogP contribution in [-0.2, 0) is 24.8 Å². The Morgan fingerprint density at radius 2 is 2.35 bits per heavy atom. The van der Waals surface area contributed by atoms with Crippen molar-refractivity contribution in [3.63, 3.8) is 0 Å². The zero-order valence-electron chi connectivity index (χ0n) is 11.4. The second-order valence-electron chi connectivity index (χ2n) is 5.04. The summed E-state index contributed by atoms with van der Waals surface area (Å²) in [6.07, 6.45) is 5.99. The molecule has 0 radical (unpaired) electrons. The zero-order valence-corrected chi connectivity index (χ0v) is 11.4. The van der Waals surface area contributed by atoms with Crippen molar-refractivity contribution in [2.75, 3.05) is 6.54 Å². The van der Waals surface area contributed by atoms with Gasteiger partial charge in [0, 0.05) is 50.2 Å². The molecule has 0 saturated carbocycles. The third kappa shape index (κ3) is 2.30. The van der Waals surface area contributed by atoms with E-state index in [1.807, 2.05) is 19.2 Å². The van der Waals surface area contributed by atoms with Crippen molar-refractivity contribution < 1.29 is 4.79 Å². The fourth-order valence-electron chi connectivity index (χ4n) is 2.49. The second-order valence-corrected chi connectivity index (χ2v) is 5.04. The topological polar surface area (TPSA) is 77.0 Å². The number of aromatic nitrogens is 3. The lowest BCUT2D eigenvalue weighted by Crippen LogP contribution is -2.41. The Kier molecular flexibility index (Phi) is 3.23. The van der Waals surface area contributed by atoms with E-state index in [0.29, 0.717) is 13.1 Å². The molecule has 6 nitrogen and oxygen atoms in total. The van der Waals surface area contributed by atoms with Gasteiger partial charge in [-0.05, 0) is 11.6 Å². The first-order valence-corrected chi connectivity index (χ1v) is 6.61. The van der Waals surface area contributed by atoms with E-state index in [1.54, 1.807) is 28.2 Å². The Hall–Kier alpha value is -2.21. The lowest BCUT2D eigenvalue weighted by atomic mass is 10.0. The zero-order chi connectivity index (χ0) is 14.1. The normalized spacial score (nSPS) is 15.8. The SMILES string of the molecule is Cn1cc(C(N)C(=O)N2CCc3ncccc3C2)cn1. The molecule has 1 aliphatic heterocycles. The molecule has 3 rings (SSSR count). The predicted octanol–water partition coefficient (Wildman–Crippen LogP) is 0.400. The highest BCUT2D eigenvalue weighted by molar-refractivity contribution is 5.83. The fraction of sp³-hybridized carbons (Fsp3) is 0.357. The Bertz CT molecular complexity index is 636. The van der Waals surface area contributed by atoms with Crippen LogP contribution in [0.15, 0.2) is 30.7 Å². The molecule has 6 heteroatoms. The Labute approximate surface area is 117 Å². The van der Waals surface area contributed by atoms with Crippen molar-refractivity contribution in [2.45, 2.75) is 19.0 Å². The van der Waals surface area contributed by atoms with Gasteiger partial charge in [0.05, 0.1) is 6.20 Å².